The molecular formula is C7H12F2N4. The van der Waals surface area contributed by atoms with E-state index in [-0.39, 0.29) is 0 Å². The Morgan fingerprint density at radius 3 is 2.77 bits per heavy atom. The quantitative estimate of drug-likeness (QED) is 0.542. The van der Waals surface area contributed by atoms with Crippen LogP contribution in [0.5, 0.6) is 0 Å². The molecule has 0 aliphatic heterocycles. The fourth-order valence-corrected chi connectivity index (χ4v) is 1.03. The molecule has 0 saturated carbocycles. The third-order valence-electron chi connectivity index (χ3n) is 1.77. The van der Waals surface area contributed by atoms with E-state index in [4.69, 9.17) is 5.84 Å². The summed E-state index contributed by atoms with van der Waals surface area (Å²) >= 11 is 0. The zero-order chi connectivity index (χ0) is 9.84. The first-order chi connectivity index (χ1) is 6.19. The second-order valence-corrected chi connectivity index (χ2v) is 2.61. The normalized spacial score (nSPS) is 13.6. The third-order valence-corrected chi connectivity index (χ3v) is 1.77. The fourth-order valence-electron chi connectivity index (χ4n) is 1.03. The Bertz CT molecular complexity index is 261. The van der Waals surface area contributed by atoms with Crippen LogP contribution in [0.3, 0.4) is 0 Å². The summed E-state index contributed by atoms with van der Waals surface area (Å²) < 4.78 is 26.2. The van der Waals surface area contributed by atoms with Crippen molar-refractivity contribution in [2.45, 2.75) is 25.9 Å². The van der Waals surface area contributed by atoms with E-state index in [0.717, 1.165) is 0 Å². The van der Waals surface area contributed by atoms with Gasteiger partial charge in [0.05, 0.1) is 6.20 Å². The lowest BCUT2D eigenvalue weighted by Crippen LogP contribution is -2.32. The first kappa shape index (κ1) is 10.1. The van der Waals surface area contributed by atoms with Gasteiger partial charge in [0.1, 0.15) is 6.04 Å². The lowest BCUT2D eigenvalue weighted by atomic mass is 10.2. The highest BCUT2D eigenvalue weighted by molar-refractivity contribution is 5.10. The van der Waals surface area contributed by atoms with Crippen LogP contribution >= 0.6 is 0 Å². The van der Waals surface area contributed by atoms with Crippen LogP contribution in [0.25, 0.3) is 0 Å². The van der Waals surface area contributed by atoms with Crippen LogP contribution in [0.2, 0.25) is 0 Å². The Hall–Kier alpha value is -1.01. The molecule has 0 fully saturated rings. The van der Waals surface area contributed by atoms with Crippen molar-refractivity contribution in [1.29, 1.82) is 0 Å². The molecule has 3 N–H and O–H groups in total. The van der Waals surface area contributed by atoms with Gasteiger partial charge in [-0.1, -0.05) is 0 Å². The number of hydrazine groups is 1. The number of halogens is 2. The summed E-state index contributed by atoms with van der Waals surface area (Å²) in [5.41, 5.74) is 2.45. The Morgan fingerprint density at radius 2 is 2.38 bits per heavy atom. The zero-order valence-corrected chi connectivity index (χ0v) is 7.24. The second-order valence-electron chi connectivity index (χ2n) is 2.61. The number of hydrogen-bond acceptors (Lipinski definition) is 3. The van der Waals surface area contributed by atoms with Crippen LogP contribution in [-0.2, 0) is 6.54 Å². The third kappa shape index (κ3) is 2.22. The number of hydrogen-bond donors (Lipinski definition) is 2. The highest BCUT2D eigenvalue weighted by Gasteiger charge is 2.21. The van der Waals surface area contributed by atoms with Crippen LogP contribution in [0.1, 0.15) is 18.5 Å². The number of rotatable bonds is 4. The predicted octanol–water partition coefficient (Wildman–Crippen LogP) is 0.672. The standard InChI is InChI=1S/C7H12F2N4/c1-2-13-4-5(3-11-13)6(12-10)7(8)9/h3-4,6-7,12H,2,10H2,1H3. The van der Waals surface area contributed by atoms with Gasteiger partial charge in [0.25, 0.3) is 6.43 Å². The van der Waals surface area contributed by atoms with E-state index in [9.17, 15) is 8.78 Å². The molecule has 0 radical (unpaired) electrons. The van der Waals surface area contributed by atoms with Gasteiger partial charge in [0.15, 0.2) is 0 Å². The van der Waals surface area contributed by atoms with Gasteiger partial charge in [0.2, 0.25) is 0 Å². The van der Waals surface area contributed by atoms with Crippen LogP contribution in [0.4, 0.5) is 8.78 Å². The van der Waals surface area contributed by atoms with E-state index >= 15 is 0 Å². The van der Waals surface area contributed by atoms with Crippen molar-refractivity contribution in [3.8, 4) is 0 Å². The molecule has 1 aromatic rings. The first-order valence-corrected chi connectivity index (χ1v) is 3.95. The monoisotopic (exact) mass is 190 g/mol. The molecule has 1 atom stereocenters. The summed E-state index contributed by atoms with van der Waals surface area (Å²) in [6.07, 6.45) is 0.413. The van der Waals surface area contributed by atoms with Gasteiger partial charge < -0.3 is 0 Å². The van der Waals surface area contributed by atoms with Gasteiger partial charge in [0, 0.05) is 18.3 Å². The minimum atomic E-state index is -2.53. The van der Waals surface area contributed by atoms with Gasteiger partial charge >= 0.3 is 0 Å². The smallest absolute Gasteiger partial charge is 0.259 e. The fraction of sp³-hybridized carbons (Fsp3) is 0.571. The summed E-state index contributed by atoms with van der Waals surface area (Å²) in [6, 6.07) is -1.14. The average Bonchev–Trinajstić information content (AvgIpc) is 2.53. The van der Waals surface area contributed by atoms with Crippen molar-refractivity contribution in [2.24, 2.45) is 5.84 Å². The maximum atomic E-state index is 12.3. The molecule has 74 valence electrons. The molecule has 4 nitrogen and oxygen atoms in total. The van der Waals surface area contributed by atoms with Gasteiger partial charge in [-0.05, 0) is 6.92 Å². The summed E-state index contributed by atoms with van der Waals surface area (Å²) in [5, 5.41) is 3.87. The zero-order valence-electron chi connectivity index (χ0n) is 7.24. The summed E-state index contributed by atoms with van der Waals surface area (Å²) in [4.78, 5) is 0. The Morgan fingerprint density at radius 1 is 1.69 bits per heavy atom. The molecule has 1 unspecified atom stereocenters. The van der Waals surface area contributed by atoms with E-state index in [1.807, 2.05) is 6.92 Å². The highest BCUT2D eigenvalue weighted by Crippen LogP contribution is 2.18. The minimum absolute atomic E-state index is 0.402. The molecule has 1 heterocycles. The molecule has 0 aliphatic carbocycles. The molecule has 6 heteroatoms. The summed E-state index contributed by atoms with van der Waals surface area (Å²) in [5.74, 6) is 4.99. The number of nitrogens with one attached hydrogen (secondary N) is 1. The van der Waals surface area contributed by atoms with Crippen LogP contribution < -0.4 is 11.3 Å². The van der Waals surface area contributed by atoms with Crippen molar-refractivity contribution in [2.75, 3.05) is 0 Å². The van der Waals surface area contributed by atoms with E-state index in [1.165, 1.54) is 6.20 Å². The Balaban J connectivity index is 2.79. The number of aromatic nitrogens is 2. The molecule has 1 aromatic heterocycles. The molecule has 13 heavy (non-hydrogen) atoms. The van der Waals surface area contributed by atoms with Crippen LogP contribution in [0, 0.1) is 0 Å². The van der Waals surface area contributed by atoms with Crippen LogP contribution in [0.15, 0.2) is 12.4 Å². The molecule has 0 bridgehead atoms. The van der Waals surface area contributed by atoms with Gasteiger partial charge in [-0.3, -0.25) is 10.5 Å². The number of aryl methyl sites for hydroxylation is 1. The van der Waals surface area contributed by atoms with Crippen molar-refractivity contribution in [3.63, 3.8) is 0 Å². The second kappa shape index (κ2) is 4.29. The topological polar surface area (TPSA) is 55.9 Å². The van der Waals surface area contributed by atoms with Crippen molar-refractivity contribution in [3.05, 3.63) is 18.0 Å². The average molecular weight is 190 g/mol. The lowest BCUT2D eigenvalue weighted by Gasteiger charge is -2.11. The van der Waals surface area contributed by atoms with E-state index in [1.54, 1.807) is 10.9 Å². The minimum Gasteiger partial charge on any atom is -0.273 e. The van der Waals surface area contributed by atoms with Crippen molar-refractivity contribution >= 4 is 0 Å². The maximum absolute atomic E-state index is 12.3. The molecule has 0 amide bonds. The lowest BCUT2D eigenvalue weighted by molar-refractivity contribution is 0.0986. The largest absolute Gasteiger partial charge is 0.273 e. The van der Waals surface area contributed by atoms with Gasteiger partial charge in [-0.2, -0.15) is 5.10 Å². The molecule has 0 spiro atoms. The van der Waals surface area contributed by atoms with Crippen LogP contribution in [-0.4, -0.2) is 16.2 Å². The molecule has 1 rings (SSSR count). The number of nitrogens with zero attached hydrogens (tertiary/aromatic N) is 2. The van der Waals surface area contributed by atoms with Gasteiger partial charge in [-0.25, -0.2) is 14.2 Å². The Kier molecular flexibility index (Phi) is 3.32. The molecule has 0 aliphatic rings. The molecule has 0 aromatic carbocycles. The van der Waals surface area contributed by atoms with Crippen molar-refractivity contribution < 1.29 is 8.78 Å². The highest BCUT2D eigenvalue weighted by atomic mass is 19.3. The summed E-state index contributed by atoms with van der Waals surface area (Å²) in [7, 11) is 0. The first-order valence-electron chi connectivity index (χ1n) is 3.95. The Labute approximate surface area is 74.7 Å². The van der Waals surface area contributed by atoms with E-state index < -0.39 is 12.5 Å². The molecule has 0 saturated heterocycles. The van der Waals surface area contributed by atoms with E-state index in [0.29, 0.717) is 12.1 Å². The number of nitrogens with two attached hydrogens (primary N) is 1. The maximum Gasteiger partial charge on any atom is 0.259 e. The predicted molar refractivity (Wildman–Crippen MR) is 44.0 cm³/mol. The molecular weight excluding hydrogens is 178 g/mol. The van der Waals surface area contributed by atoms with Crippen molar-refractivity contribution in [1.82, 2.24) is 15.2 Å². The summed E-state index contributed by atoms with van der Waals surface area (Å²) in [6.45, 7) is 2.53. The van der Waals surface area contributed by atoms with E-state index in [2.05, 4.69) is 10.5 Å². The van der Waals surface area contributed by atoms with Gasteiger partial charge in [-0.15, -0.1) is 0 Å². The number of alkyl halides is 2. The SMILES string of the molecule is CCn1cc(C(NN)C(F)F)cn1.